The average molecular weight is 470 g/mol. The molecule has 1 saturated carbocycles. The fourth-order valence-electron chi connectivity index (χ4n) is 4.84. The molecule has 2 aliphatic heterocycles. The summed E-state index contributed by atoms with van der Waals surface area (Å²) in [4.78, 5) is 22.6. The third kappa shape index (κ3) is 4.98. The molecule has 5 rings (SSSR count). The van der Waals surface area contributed by atoms with Crippen LogP contribution in [0.4, 0.5) is 0 Å². The summed E-state index contributed by atoms with van der Waals surface area (Å²) in [6.07, 6.45) is 10.3. The number of dihydropyridines is 1. The Morgan fingerprint density at radius 1 is 1.11 bits per heavy atom. The van der Waals surface area contributed by atoms with Crippen LogP contribution in [0.2, 0.25) is 0 Å². The Morgan fingerprint density at radius 2 is 1.83 bits per heavy atom. The maximum atomic E-state index is 10.7. The van der Waals surface area contributed by atoms with Crippen LogP contribution in [0.3, 0.4) is 0 Å². The van der Waals surface area contributed by atoms with Crippen LogP contribution in [-0.2, 0) is 10.3 Å². The van der Waals surface area contributed by atoms with Crippen molar-refractivity contribution in [3.8, 4) is 0 Å². The number of amidine groups is 1. The number of fused-ring (bicyclic) bond motifs is 1. The van der Waals surface area contributed by atoms with Crippen LogP contribution < -0.4 is 11.1 Å². The molecule has 1 fully saturated rings. The molecule has 35 heavy (non-hydrogen) atoms. The number of carbonyl (C=O) groups excluding carboxylic acids is 1. The lowest BCUT2D eigenvalue weighted by atomic mass is 9.72. The van der Waals surface area contributed by atoms with Gasteiger partial charge in [-0.05, 0) is 36.5 Å². The Labute approximate surface area is 208 Å². The molecule has 1 amide bonds. The van der Waals surface area contributed by atoms with E-state index in [0.29, 0.717) is 6.41 Å². The number of nitrogens with one attached hydrogen (secondary N) is 1. The molecule has 182 valence electrons. The summed E-state index contributed by atoms with van der Waals surface area (Å²) >= 11 is 0. The number of hydrogen-bond donors (Lipinski definition) is 2. The highest BCUT2D eigenvalue weighted by molar-refractivity contribution is 6.32. The van der Waals surface area contributed by atoms with Crippen LogP contribution in [0, 0.1) is 5.92 Å². The number of rotatable bonds is 6. The number of hydrogen-bond acceptors (Lipinski definition) is 4. The number of carbonyl (C=O) groups is 1. The van der Waals surface area contributed by atoms with E-state index in [4.69, 9.17) is 10.7 Å². The normalized spacial score (nSPS) is 23.2. The van der Waals surface area contributed by atoms with Crippen LogP contribution in [0.25, 0.3) is 5.57 Å². The van der Waals surface area contributed by atoms with E-state index >= 15 is 0 Å². The van der Waals surface area contributed by atoms with Gasteiger partial charge < -0.3 is 16.0 Å². The zero-order valence-electron chi connectivity index (χ0n) is 20.8. The number of nitrogens with two attached hydrogens (primary N) is 1. The van der Waals surface area contributed by atoms with Crippen molar-refractivity contribution in [3.05, 3.63) is 89.6 Å². The minimum absolute atomic E-state index is 0.00558. The van der Waals surface area contributed by atoms with E-state index in [9.17, 15) is 4.79 Å². The van der Waals surface area contributed by atoms with Gasteiger partial charge in [-0.1, -0.05) is 74.5 Å². The maximum absolute atomic E-state index is 10.7. The summed E-state index contributed by atoms with van der Waals surface area (Å²) in [7, 11) is 1.98. The fraction of sp³-hybridized carbons (Fsp3) is 0.345. The first kappa shape index (κ1) is 24.6. The maximum Gasteiger partial charge on any atom is 0.208 e. The van der Waals surface area contributed by atoms with Crippen molar-refractivity contribution in [3.63, 3.8) is 0 Å². The van der Waals surface area contributed by atoms with Gasteiger partial charge in [0.25, 0.3) is 0 Å². The van der Waals surface area contributed by atoms with Gasteiger partial charge in [-0.3, -0.25) is 14.8 Å². The van der Waals surface area contributed by atoms with Gasteiger partial charge in [-0.2, -0.15) is 0 Å². The van der Waals surface area contributed by atoms with Crippen molar-refractivity contribution in [2.45, 2.75) is 44.7 Å². The van der Waals surface area contributed by atoms with Crippen molar-refractivity contribution in [2.24, 2.45) is 21.6 Å². The van der Waals surface area contributed by atoms with E-state index < -0.39 is 0 Å². The second-order valence-electron chi connectivity index (χ2n) is 8.98. The molecule has 1 aliphatic carbocycles. The number of benzene rings is 2. The number of amides is 1. The molecule has 2 atom stereocenters. The Morgan fingerprint density at radius 3 is 2.46 bits per heavy atom. The molecular weight excluding hydrogens is 434 g/mol. The molecule has 0 bridgehead atoms. The molecule has 2 aromatic rings. The molecule has 0 saturated heterocycles. The number of aliphatic imine (C=N–C) groups is 2. The summed E-state index contributed by atoms with van der Waals surface area (Å²) in [5.74, 6) is 0.882. The lowest BCUT2D eigenvalue weighted by Gasteiger charge is -2.38. The van der Waals surface area contributed by atoms with E-state index in [-0.39, 0.29) is 24.2 Å². The molecule has 0 spiro atoms. The highest BCUT2D eigenvalue weighted by atomic mass is 16.1. The predicted octanol–water partition coefficient (Wildman–Crippen LogP) is 4.48. The molecule has 6 nitrogen and oxygen atoms in total. The molecule has 0 aromatic heterocycles. The smallest absolute Gasteiger partial charge is 0.208 e. The van der Waals surface area contributed by atoms with Crippen LogP contribution >= 0.6 is 0 Å². The van der Waals surface area contributed by atoms with E-state index in [1.807, 2.05) is 50.2 Å². The highest BCUT2D eigenvalue weighted by Gasteiger charge is 2.35. The third-order valence-corrected chi connectivity index (χ3v) is 6.89. The predicted molar refractivity (Wildman–Crippen MR) is 144 cm³/mol. The Bertz CT molecular complexity index is 1140. The number of nitrogens with zero attached hydrogens (tertiary/aromatic N) is 3. The Hall–Kier alpha value is -3.51. The minimum atomic E-state index is -0.173. The van der Waals surface area contributed by atoms with Crippen molar-refractivity contribution >= 4 is 23.5 Å². The van der Waals surface area contributed by atoms with Gasteiger partial charge in [-0.25, -0.2) is 0 Å². The van der Waals surface area contributed by atoms with E-state index in [1.54, 1.807) is 0 Å². The quantitative estimate of drug-likeness (QED) is 0.483. The van der Waals surface area contributed by atoms with E-state index in [1.165, 1.54) is 12.0 Å². The Kier molecular flexibility index (Phi) is 7.61. The summed E-state index contributed by atoms with van der Waals surface area (Å²) in [6, 6.07) is 18.9. The SMILES string of the molecule is CC.CN1C=CC2N=C(c3ccc(C4(N)CCC4)cc3)C(c3ccccc3)=CC2/C1=N/CNC=O. The highest BCUT2D eigenvalue weighted by Crippen LogP contribution is 2.39. The molecule has 2 unspecified atom stereocenters. The van der Waals surface area contributed by atoms with Crippen molar-refractivity contribution in [2.75, 3.05) is 13.7 Å². The monoisotopic (exact) mass is 469 g/mol. The minimum Gasteiger partial charge on any atom is -0.339 e. The van der Waals surface area contributed by atoms with Crippen LogP contribution in [0.1, 0.15) is 49.8 Å². The zero-order chi connectivity index (χ0) is 24.8. The molecule has 0 radical (unpaired) electrons. The van der Waals surface area contributed by atoms with Crippen molar-refractivity contribution in [1.82, 2.24) is 10.2 Å². The zero-order valence-corrected chi connectivity index (χ0v) is 20.8. The van der Waals surface area contributed by atoms with Gasteiger partial charge in [0.1, 0.15) is 12.5 Å². The van der Waals surface area contributed by atoms with Crippen LogP contribution in [0.5, 0.6) is 0 Å². The third-order valence-electron chi connectivity index (χ3n) is 6.89. The molecule has 2 aromatic carbocycles. The lowest BCUT2D eigenvalue weighted by molar-refractivity contribution is -0.109. The van der Waals surface area contributed by atoms with E-state index in [0.717, 1.165) is 41.1 Å². The first-order valence-electron chi connectivity index (χ1n) is 12.5. The standard InChI is InChI=1S/C27H29N5O.C2H6/c1-32-15-12-24-23(26(32)30-17-29-18-33)16-22(19-6-3-2-4-7-19)25(31-24)20-8-10-21(11-9-20)27(28)13-5-14-27;1-2/h2-4,6-12,15-16,18,23-24H,5,13-14,17,28H2,1H3,(H,29,33);1-2H3/b30-26-;. The summed E-state index contributed by atoms with van der Waals surface area (Å²) < 4.78 is 0. The second-order valence-corrected chi connectivity index (χ2v) is 8.98. The summed E-state index contributed by atoms with van der Waals surface area (Å²) in [5.41, 5.74) is 11.9. The molecule has 3 aliphatic rings. The van der Waals surface area contributed by atoms with Crippen LogP contribution in [-0.4, -0.2) is 42.6 Å². The molecule has 6 heteroatoms. The van der Waals surface area contributed by atoms with Gasteiger partial charge >= 0.3 is 0 Å². The fourth-order valence-corrected chi connectivity index (χ4v) is 4.84. The van der Waals surface area contributed by atoms with Gasteiger partial charge in [0.2, 0.25) is 6.41 Å². The van der Waals surface area contributed by atoms with Gasteiger partial charge in [0.15, 0.2) is 0 Å². The van der Waals surface area contributed by atoms with Crippen molar-refractivity contribution in [1.29, 1.82) is 0 Å². The number of allylic oxidation sites excluding steroid dienone is 1. The Balaban J connectivity index is 0.00000141. The summed E-state index contributed by atoms with van der Waals surface area (Å²) in [6.45, 7) is 4.24. The lowest BCUT2D eigenvalue weighted by Crippen LogP contribution is -2.43. The molecule has 2 heterocycles. The van der Waals surface area contributed by atoms with E-state index in [2.05, 4.69) is 58.9 Å². The first-order valence-corrected chi connectivity index (χ1v) is 12.5. The second kappa shape index (κ2) is 10.8. The topological polar surface area (TPSA) is 83.1 Å². The van der Waals surface area contributed by atoms with Gasteiger partial charge in [-0.15, -0.1) is 0 Å². The van der Waals surface area contributed by atoms with Gasteiger partial charge in [0.05, 0.1) is 17.7 Å². The average Bonchev–Trinajstić information content (AvgIpc) is 2.90. The molecule has 3 N–H and O–H groups in total. The largest absolute Gasteiger partial charge is 0.339 e. The van der Waals surface area contributed by atoms with Crippen molar-refractivity contribution < 1.29 is 4.79 Å². The van der Waals surface area contributed by atoms with Crippen LogP contribution in [0.15, 0.2) is 82.9 Å². The van der Waals surface area contributed by atoms with Gasteiger partial charge in [0, 0.05) is 29.9 Å². The summed E-state index contributed by atoms with van der Waals surface area (Å²) in [5, 5.41) is 2.63. The first-order chi connectivity index (χ1) is 17.1. The molecular formula is C29H35N5O.